The molecule has 1 saturated carbocycles. The van der Waals surface area contributed by atoms with E-state index in [2.05, 4.69) is 72.9 Å². The first-order valence-corrected chi connectivity index (χ1v) is 10.4. The summed E-state index contributed by atoms with van der Waals surface area (Å²) in [5, 5.41) is 7.36. The number of nitrogens with zero attached hydrogens (tertiary/aromatic N) is 2. The van der Waals surface area contributed by atoms with E-state index < -0.39 is 0 Å². The van der Waals surface area contributed by atoms with E-state index in [1.807, 2.05) is 0 Å². The third kappa shape index (κ3) is 3.81. The third-order valence-electron chi connectivity index (χ3n) is 5.73. The van der Waals surface area contributed by atoms with E-state index in [-0.39, 0.29) is 18.3 Å². The lowest BCUT2D eigenvalue weighted by Crippen LogP contribution is -2.41. The molecule has 0 amide bonds. The van der Waals surface area contributed by atoms with E-state index in [1.165, 1.54) is 18.6 Å². The minimum atomic E-state index is -0.334. The van der Waals surface area contributed by atoms with Crippen LogP contribution in [0.4, 0.5) is 5.13 Å². The van der Waals surface area contributed by atoms with Gasteiger partial charge in [-0.3, -0.25) is 5.43 Å². The molecule has 2 heterocycles. The molecule has 1 saturated heterocycles. The maximum absolute atomic E-state index is 6.12. The van der Waals surface area contributed by atoms with Crippen LogP contribution in [0.25, 0.3) is 11.3 Å². The van der Waals surface area contributed by atoms with E-state index >= 15 is 0 Å². The molecule has 4 rings (SSSR count). The maximum Gasteiger partial charge on any atom is 0.494 e. The van der Waals surface area contributed by atoms with Gasteiger partial charge in [0.25, 0.3) is 0 Å². The van der Waals surface area contributed by atoms with E-state index in [9.17, 15) is 0 Å². The molecule has 0 atom stereocenters. The second-order valence-corrected chi connectivity index (χ2v) is 9.10. The quantitative estimate of drug-likeness (QED) is 0.626. The van der Waals surface area contributed by atoms with Crippen molar-refractivity contribution >= 4 is 34.8 Å². The van der Waals surface area contributed by atoms with Crippen molar-refractivity contribution in [1.29, 1.82) is 0 Å². The Balaban J connectivity index is 1.45. The summed E-state index contributed by atoms with van der Waals surface area (Å²) >= 11 is 1.58. The Morgan fingerprint density at radius 3 is 2.30 bits per heavy atom. The highest BCUT2D eigenvalue weighted by atomic mass is 32.1. The first-order valence-electron chi connectivity index (χ1n) is 9.57. The number of nitrogens with one attached hydrogen (secondary N) is 1. The number of thiazole rings is 1. The van der Waals surface area contributed by atoms with Gasteiger partial charge >= 0.3 is 7.12 Å². The number of aromatic nitrogens is 1. The fraction of sp³-hybridized carbons (Fsp3) is 0.500. The highest BCUT2D eigenvalue weighted by Gasteiger charge is 2.51. The van der Waals surface area contributed by atoms with Gasteiger partial charge in [-0.1, -0.05) is 24.3 Å². The van der Waals surface area contributed by atoms with E-state index in [1.54, 1.807) is 11.3 Å². The van der Waals surface area contributed by atoms with Crippen LogP contribution >= 0.6 is 11.3 Å². The molecule has 1 N–H and O–H groups in total. The smallest absolute Gasteiger partial charge is 0.399 e. The Hall–Kier alpha value is -1.70. The molecule has 2 aromatic rings. The average molecular weight is 383 g/mol. The van der Waals surface area contributed by atoms with Gasteiger partial charge in [0.1, 0.15) is 0 Å². The van der Waals surface area contributed by atoms with Crippen LogP contribution in [-0.4, -0.2) is 29.0 Å². The van der Waals surface area contributed by atoms with Crippen molar-refractivity contribution in [2.24, 2.45) is 5.10 Å². The Kier molecular flexibility index (Phi) is 4.86. The summed E-state index contributed by atoms with van der Waals surface area (Å²) in [6.45, 7) is 8.28. The number of anilines is 1. The molecule has 2 fully saturated rings. The van der Waals surface area contributed by atoms with Crippen LogP contribution in [0.2, 0.25) is 0 Å². The third-order valence-corrected chi connectivity index (χ3v) is 6.47. The number of hydrogen-bond donors (Lipinski definition) is 1. The van der Waals surface area contributed by atoms with Crippen molar-refractivity contribution < 1.29 is 9.31 Å². The second kappa shape index (κ2) is 7.04. The number of benzene rings is 1. The van der Waals surface area contributed by atoms with E-state index in [0.29, 0.717) is 0 Å². The molecule has 0 unspecified atom stereocenters. The van der Waals surface area contributed by atoms with Crippen LogP contribution in [0.15, 0.2) is 34.7 Å². The van der Waals surface area contributed by atoms with Crippen molar-refractivity contribution in [2.45, 2.75) is 64.6 Å². The second-order valence-electron chi connectivity index (χ2n) is 8.25. The predicted octanol–water partition coefficient (Wildman–Crippen LogP) is 4.45. The number of rotatable bonds is 4. The van der Waals surface area contributed by atoms with Gasteiger partial charge in [0.2, 0.25) is 5.13 Å². The molecule has 5 nitrogen and oxygen atoms in total. The first kappa shape index (κ1) is 18.7. The summed E-state index contributed by atoms with van der Waals surface area (Å²) in [6.07, 6.45) is 4.70. The fourth-order valence-electron chi connectivity index (χ4n) is 3.27. The van der Waals surface area contributed by atoms with E-state index in [4.69, 9.17) is 9.31 Å². The molecule has 142 valence electrons. The molecular formula is C20H26BN3O2S. The molecule has 2 aliphatic rings. The number of hydrogen-bond acceptors (Lipinski definition) is 6. The maximum atomic E-state index is 6.12. The fourth-order valence-corrected chi connectivity index (χ4v) is 3.93. The molecule has 1 aliphatic heterocycles. The van der Waals surface area contributed by atoms with E-state index in [0.717, 1.165) is 34.7 Å². The van der Waals surface area contributed by atoms with Gasteiger partial charge in [-0.2, -0.15) is 5.10 Å². The molecule has 27 heavy (non-hydrogen) atoms. The molecule has 0 bridgehead atoms. The summed E-state index contributed by atoms with van der Waals surface area (Å²) in [6, 6.07) is 8.26. The molecular weight excluding hydrogens is 357 g/mol. The van der Waals surface area contributed by atoms with Crippen molar-refractivity contribution in [2.75, 3.05) is 5.43 Å². The van der Waals surface area contributed by atoms with Crippen molar-refractivity contribution in [3.63, 3.8) is 0 Å². The molecule has 0 spiro atoms. The summed E-state index contributed by atoms with van der Waals surface area (Å²) in [7, 11) is -0.334. The Morgan fingerprint density at radius 2 is 1.67 bits per heavy atom. The van der Waals surface area contributed by atoms with Crippen molar-refractivity contribution in [1.82, 2.24) is 4.98 Å². The van der Waals surface area contributed by atoms with Crippen LogP contribution in [0, 0.1) is 0 Å². The molecule has 1 aromatic heterocycles. The molecule has 1 aliphatic carbocycles. The topological polar surface area (TPSA) is 55.7 Å². The van der Waals surface area contributed by atoms with Gasteiger partial charge in [0.15, 0.2) is 0 Å². The van der Waals surface area contributed by atoms with Gasteiger partial charge in [-0.05, 0) is 58.8 Å². The summed E-state index contributed by atoms with van der Waals surface area (Å²) < 4.78 is 12.2. The summed E-state index contributed by atoms with van der Waals surface area (Å²) in [4.78, 5) is 4.65. The largest absolute Gasteiger partial charge is 0.494 e. The van der Waals surface area contributed by atoms with Crippen molar-refractivity contribution in [3.8, 4) is 11.3 Å². The van der Waals surface area contributed by atoms with Crippen LogP contribution in [0.1, 0.15) is 53.4 Å². The van der Waals surface area contributed by atoms with Gasteiger partial charge < -0.3 is 9.31 Å². The Morgan fingerprint density at radius 1 is 1.04 bits per heavy atom. The first-order chi connectivity index (χ1) is 12.8. The van der Waals surface area contributed by atoms with Crippen LogP contribution < -0.4 is 10.9 Å². The highest BCUT2D eigenvalue weighted by Crippen LogP contribution is 2.36. The number of hydrazone groups is 1. The highest BCUT2D eigenvalue weighted by molar-refractivity contribution is 7.14. The van der Waals surface area contributed by atoms with Gasteiger partial charge in [0, 0.05) is 16.7 Å². The molecule has 0 radical (unpaired) electrons. The summed E-state index contributed by atoms with van der Waals surface area (Å²) in [5.74, 6) is 0. The van der Waals surface area contributed by atoms with Crippen LogP contribution in [0.5, 0.6) is 0 Å². The normalized spacial score (nSPS) is 20.9. The zero-order valence-electron chi connectivity index (χ0n) is 16.4. The lowest BCUT2D eigenvalue weighted by molar-refractivity contribution is 0.00578. The minimum Gasteiger partial charge on any atom is -0.399 e. The SMILES string of the molecule is CC1(C)OB(c2ccc(-c3csc(NN=C4CCCC4)n3)cc2)OC1(C)C. The average Bonchev–Trinajstić information content (AvgIpc) is 3.34. The minimum absolute atomic E-state index is 0.327. The van der Waals surface area contributed by atoms with Crippen molar-refractivity contribution in [3.05, 3.63) is 29.6 Å². The van der Waals surface area contributed by atoms with Crippen LogP contribution in [0.3, 0.4) is 0 Å². The summed E-state index contributed by atoms with van der Waals surface area (Å²) in [5.41, 5.74) is 6.76. The van der Waals surface area contributed by atoms with Crippen LogP contribution in [-0.2, 0) is 9.31 Å². The van der Waals surface area contributed by atoms with Gasteiger partial charge in [0.05, 0.1) is 16.9 Å². The zero-order chi connectivity index (χ0) is 19.1. The molecule has 1 aromatic carbocycles. The molecule has 7 heteroatoms. The van der Waals surface area contributed by atoms with Gasteiger partial charge in [-0.15, -0.1) is 11.3 Å². The van der Waals surface area contributed by atoms with Gasteiger partial charge in [-0.25, -0.2) is 4.98 Å². The monoisotopic (exact) mass is 383 g/mol. The predicted molar refractivity (Wildman–Crippen MR) is 113 cm³/mol. The standard InChI is InChI=1S/C20H26BN3O2S/c1-19(2)20(3,4)26-21(25-19)15-11-9-14(10-12-15)17-13-27-18(22-17)24-23-16-7-5-6-8-16/h9-13H,5-8H2,1-4H3,(H,22,24). The lowest BCUT2D eigenvalue weighted by atomic mass is 9.79. The Bertz CT molecular complexity index is 821. The lowest BCUT2D eigenvalue weighted by Gasteiger charge is -2.32. The zero-order valence-corrected chi connectivity index (χ0v) is 17.2. The Labute approximate surface area is 165 Å².